The SMILES string of the molecule is [2H]c1c([2H])c([2H])c(-c2cccc(-c3cccc(-c4c([2H])c(C(C)(C)C)c([2H])c(C(C)(C)C)c4[2H])c3N3[CH-]N(c4[c-]c(Oc5[c-]c6c(cc5)c5cc(CCCCCC)c(C([2H])([2H])C(C)C)cc5n6-c5cc(C(C)(C)C)ccn5)ccc4)c4ccccc43)c2)c([2H])c1[2H].[Pt]. The molecule has 1 aliphatic heterocycles. The number of fused-ring (bicyclic) bond motifs is 4. The molecule has 422 valence electrons. The van der Waals surface area contributed by atoms with Crippen molar-refractivity contribution in [1.82, 2.24) is 9.55 Å². The topological polar surface area (TPSA) is 33.5 Å². The van der Waals surface area contributed by atoms with Gasteiger partial charge in [-0.15, -0.1) is 48.1 Å². The molecule has 0 saturated carbocycles. The van der Waals surface area contributed by atoms with Crippen LogP contribution in [0.1, 0.15) is 150 Å². The summed E-state index contributed by atoms with van der Waals surface area (Å²) in [7, 11) is 0. The summed E-state index contributed by atoms with van der Waals surface area (Å²) in [5.41, 5.74) is 9.49. The summed E-state index contributed by atoms with van der Waals surface area (Å²) < 4.78 is 101. The largest absolute Gasteiger partial charge is 0.509 e. The van der Waals surface area contributed by atoms with Crippen LogP contribution in [-0.4, -0.2) is 9.55 Å². The predicted molar refractivity (Wildman–Crippen MR) is 343 cm³/mol. The Morgan fingerprint density at radius 2 is 1.26 bits per heavy atom. The summed E-state index contributed by atoms with van der Waals surface area (Å²) in [5.74, 6) is 1.27. The minimum absolute atomic E-state index is 0. The molecule has 0 aliphatic carbocycles. The fourth-order valence-electron chi connectivity index (χ4n) is 10.8. The summed E-state index contributed by atoms with van der Waals surface area (Å²) in [5, 5.41) is 1.92. The van der Waals surface area contributed by atoms with Gasteiger partial charge in [-0.05, 0) is 133 Å². The molecule has 3 heterocycles. The fraction of sp³-hybridized carbons (Fsp3) is 0.289. The summed E-state index contributed by atoms with van der Waals surface area (Å²) in [6.07, 6.45) is 5.27. The molecule has 0 spiro atoms. The number of ether oxygens (including phenoxy) is 1. The van der Waals surface area contributed by atoms with Crippen molar-refractivity contribution in [3.05, 3.63) is 222 Å². The number of hydrogen-bond donors (Lipinski definition) is 0. The van der Waals surface area contributed by atoms with Crippen LogP contribution in [0.25, 0.3) is 61.0 Å². The third-order valence-electron chi connectivity index (χ3n) is 15.1. The molecule has 11 rings (SSSR count). The predicted octanol–water partition coefficient (Wildman–Crippen LogP) is 21.2. The molecule has 0 saturated heterocycles. The summed E-state index contributed by atoms with van der Waals surface area (Å²) in [6.45, 7) is 26.6. The van der Waals surface area contributed by atoms with E-state index in [0.29, 0.717) is 73.2 Å². The number of rotatable bonds is 15. The number of aromatic nitrogens is 2. The van der Waals surface area contributed by atoms with E-state index in [2.05, 4.69) is 73.6 Å². The van der Waals surface area contributed by atoms with Gasteiger partial charge in [0.05, 0.1) is 11.0 Å². The Hall–Kier alpha value is -7.20. The van der Waals surface area contributed by atoms with Crippen LogP contribution < -0.4 is 14.5 Å². The van der Waals surface area contributed by atoms with Crippen LogP contribution in [0.3, 0.4) is 0 Å². The van der Waals surface area contributed by atoms with Gasteiger partial charge in [0.15, 0.2) is 0 Å². The second-order valence-corrected chi connectivity index (χ2v) is 24.8. The number of para-hydroxylation sites is 3. The number of aryl methyl sites for hydroxylation is 1. The zero-order valence-electron chi connectivity index (χ0n) is 59.3. The molecule has 0 fully saturated rings. The van der Waals surface area contributed by atoms with Gasteiger partial charge in [-0.2, -0.15) is 12.1 Å². The van der Waals surface area contributed by atoms with Crippen LogP contribution >= 0.6 is 0 Å². The molecule has 0 bridgehead atoms. The number of hydrogen-bond acceptors (Lipinski definition) is 4. The van der Waals surface area contributed by atoms with E-state index in [1.54, 1.807) is 12.1 Å². The van der Waals surface area contributed by atoms with Gasteiger partial charge < -0.3 is 19.1 Å². The summed E-state index contributed by atoms with van der Waals surface area (Å²) >= 11 is 0. The van der Waals surface area contributed by atoms with Crippen LogP contribution in [0.2, 0.25) is 0 Å². The van der Waals surface area contributed by atoms with Crippen LogP contribution in [0, 0.1) is 24.7 Å². The number of pyridine rings is 1. The molecule has 82 heavy (non-hydrogen) atoms. The Kier molecular flexibility index (Phi) is 13.3. The molecular formula is C76H79N4OPt-3. The smallest absolute Gasteiger partial charge is 0.135 e. The van der Waals surface area contributed by atoms with Gasteiger partial charge in [0.25, 0.3) is 0 Å². The first-order chi connectivity index (χ1) is 42.9. The standard InChI is InChI=1S/C76H79N4O.Pt/c1-13-14-15-17-27-54-44-67-66-37-36-63(49-71(66)80(70(67)45-56(54)40-51(2)3)72-47-58(38-39-77-72)74(4,5)6)81-62-31-23-30-61(48-62)78-50-79(69-35-21-20-34-68(69)78)73-64(55-29-22-28-53(41-55)52-25-18-16-19-26-52)32-24-33-65(73)57-42-59(75(7,8)9)46-60(43-57)76(10,11)12;/h16,18-26,28-39,41-47,50-51H,13-15,17,27,40H2,1-12H3;/q-3;/i16D,18D,19D,25D,26D,40D2,42D,43D,46D;. The summed E-state index contributed by atoms with van der Waals surface area (Å²) in [6, 6.07) is 44.7. The van der Waals surface area contributed by atoms with Crippen molar-refractivity contribution in [1.29, 1.82) is 0 Å². The Bertz CT molecular complexity index is 4430. The van der Waals surface area contributed by atoms with Gasteiger partial charge in [0, 0.05) is 75.2 Å². The van der Waals surface area contributed by atoms with Crippen molar-refractivity contribution in [2.24, 2.45) is 5.92 Å². The van der Waals surface area contributed by atoms with E-state index in [1.165, 1.54) is 0 Å². The van der Waals surface area contributed by atoms with Crippen LogP contribution in [0.4, 0.5) is 22.7 Å². The average Bonchev–Trinajstić information content (AvgIpc) is 1.19. The van der Waals surface area contributed by atoms with Gasteiger partial charge in [-0.3, -0.25) is 0 Å². The maximum absolute atomic E-state index is 10.1. The Balaban J connectivity index is 0.00000927. The molecule has 1 aliphatic rings. The number of nitrogens with zero attached hydrogens (tertiary/aromatic N) is 4. The van der Waals surface area contributed by atoms with Crippen molar-refractivity contribution in [2.75, 3.05) is 9.80 Å². The third-order valence-corrected chi connectivity index (χ3v) is 15.1. The van der Waals surface area contributed by atoms with Crippen LogP contribution in [-0.2, 0) is 50.1 Å². The van der Waals surface area contributed by atoms with Crippen molar-refractivity contribution in [3.8, 4) is 50.7 Å². The van der Waals surface area contributed by atoms with E-state index in [9.17, 15) is 6.85 Å². The maximum atomic E-state index is 10.1. The van der Waals surface area contributed by atoms with Gasteiger partial charge in [-0.25, -0.2) is 4.98 Å². The van der Waals surface area contributed by atoms with E-state index in [1.807, 2.05) is 158 Å². The quantitative estimate of drug-likeness (QED) is 0.0757. The number of anilines is 4. The Morgan fingerprint density at radius 3 is 1.95 bits per heavy atom. The molecule has 10 aromatic rings. The minimum Gasteiger partial charge on any atom is -0.509 e. The van der Waals surface area contributed by atoms with Crippen LogP contribution in [0.15, 0.2) is 176 Å². The van der Waals surface area contributed by atoms with E-state index in [-0.39, 0.29) is 68.2 Å². The minimum atomic E-state index is -1.60. The zero-order valence-corrected chi connectivity index (χ0v) is 51.6. The molecule has 0 amide bonds. The molecule has 0 N–H and O–H groups in total. The maximum Gasteiger partial charge on any atom is 0.135 e. The van der Waals surface area contributed by atoms with Gasteiger partial charge >= 0.3 is 0 Å². The summed E-state index contributed by atoms with van der Waals surface area (Å²) in [4.78, 5) is 9.05. The number of unbranched alkanes of at least 4 members (excludes halogenated alkanes) is 3. The Labute approximate surface area is 517 Å². The van der Waals surface area contributed by atoms with Crippen molar-refractivity contribution in [2.45, 2.75) is 138 Å². The first-order valence-electron chi connectivity index (χ1n) is 33.6. The van der Waals surface area contributed by atoms with Gasteiger partial charge in [0.2, 0.25) is 0 Å². The second kappa shape index (κ2) is 23.6. The first-order valence-corrected chi connectivity index (χ1v) is 28.6. The normalized spacial score (nSPS) is 14.7. The molecule has 0 unspecified atom stereocenters. The molecule has 0 atom stereocenters. The van der Waals surface area contributed by atoms with E-state index in [4.69, 9.17) is 16.6 Å². The second-order valence-electron chi connectivity index (χ2n) is 24.8. The van der Waals surface area contributed by atoms with E-state index < -0.39 is 35.3 Å². The average molecular weight is 1270 g/mol. The molecule has 2 aromatic heterocycles. The molecule has 0 radical (unpaired) electrons. The fourth-order valence-corrected chi connectivity index (χ4v) is 10.8. The van der Waals surface area contributed by atoms with Crippen molar-refractivity contribution in [3.63, 3.8) is 0 Å². The zero-order chi connectivity index (χ0) is 65.6. The van der Waals surface area contributed by atoms with E-state index >= 15 is 0 Å². The third kappa shape index (κ3) is 12.0. The molecule has 8 aromatic carbocycles. The van der Waals surface area contributed by atoms with Crippen molar-refractivity contribution < 1.29 is 39.5 Å². The molecule has 6 heteroatoms. The van der Waals surface area contributed by atoms with Gasteiger partial charge in [-0.1, -0.05) is 211 Å². The first kappa shape index (κ1) is 46.3. The van der Waals surface area contributed by atoms with Crippen molar-refractivity contribution >= 4 is 44.6 Å². The van der Waals surface area contributed by atoms with Gasteiger partial charge in [0.1, 0.15) is 5.82 Å². The van der Waals surface area contributed by atoms with Crippen LogP contribution in [0.5, 0.6) is 11.5 Å². The van der Waals surface area contributed by atoms with E-state index in [0.717, 1.165) is 76.4 Å². The monoisotopic (exact) mass is 1270 g/mol. The Morgan fingerprint density at radius 1 is 0.598 bits per heavy atom. The molecular weight excluding hydrogens is 1180 g/mol. The number of benzene rings is 8. The molecule has 5 nitrogen and oxygen atoms in total.